The van der Waals surface area contributed by atoms with E-state index in [2.05, 4.69) is 5.32 Å². The lowest BCUT2D eigenvalue weighted by molar-refractivity contribution is 0.0241. The molecule has 0 amide bonds. The highest BCUT2D eigenvalue weighted by atomic mass is 16.4. The Kier molecular flexibility index (Phi) is 8.03. The number of carboxylic acids is 1. The summed E-state index contributed by atoms with van der Waals surface area (Å²) in [6.07, 6.45) is 1.20. The number of aromatic carboxylic acids is 1. The van der Waals surface area contributed by atoms with Gasteiger partial charge in [-0.15, -0.1) is 0 Å². The van der Waals surface area contributed by atoms with E-state index in [4.69, 9.17) is 5.11 Å². The van der Waals surface area contributed by atoms with Gasteiger partial charge in [-0.1, -0.05) is 32.9 Å². The van der Waals surface area contributed by atoms with Gasteiger partial charge in [0.2, 0.25) is 0 Å². The first kappa shape index (κ1) is 17.6. The van der Waals surface area contributed by atoms with Crippen LogP contribution in [0.1, 0.15) is 49.5 Å². The molecular formula is C15H25NO3. The van der Waals surface area contributed by atoms with Crippen LogP contribution in [0, 0.1) is 0 Å². The Morgan fingerprint density at radius 2 is 1.79 bits per heavy atom. The second kappa shape index (κ2) is 8.67. The monoisotopic (exact) mass is 267 g/mol. The van der Waals surface area contributed by atoms with Crippen molar-refractivity contribution in [2.24, 2.45) is 0 Å². The lowest BCUT2D eigenvalue weighted by Crippen LogP contribution is -2.29. The molecule has 1 rings (SSSR count). The van der Waals surface area contributed by atoms with Gasteiger partial charge in [-0.2, -0.15) is 0 Å². The maximum atomic E-state index is 10.7. The van der Waals surface area contributed by atoms with Gasteiger partial charge in [-0.3, -0.25) is 0 Å². The highest BCUT2D eigenvalue weighted by molar-refractivity contribution is 5.87. The van der Waals surface area contributed by atoms with E-state index in [0.29, 0.717) is 19.4 Å². The van der Waals surface area contributed by atoms with E-state index in [0.717, 1.165) is 5.56 Å². The quantitative estimate of drug-likeness (QED) is 0.741. The molecule has 0 heterocycles. The minimum atomic E-state index is -0.952. The Hall–Kier alpha value is -1.39. The van der Waals surface area contributed by atoms with Crippen molar-refractivity contribution in [3.8, 4) is 0 Å². The second-order valence-corrected chi connectivity index (χ2v) is 4.12. The molecule has 0 aliphatic heterocycles. The van der Waals surface area contributed by atoms with E-state index in [1.807, 2.05) is 27.8 Å². The zero-order valence-corrected chi connectivity index (χ0v) is 12.2. The third kappa shape index (κ3) is 5.01. The number of benzene rings is 1. The van der Waals surface area contributed by atoms with Crippen LogP contribution in [0.15, 0.2) is 24.3 Å². The average Bonchev–Trinajstić information content (AvgIpc) is 2.47. The molecular weight excluding hydrogens is 242 g/mol. The van der Waals surface area contributed by atoms with Gasteiger partial charge >= 0.3 is 5.97 Å². The smallest absolute Gasteiger partial charge is 0.335 e. The van der Waals surface area contributed by atoms with Gasteiger partial charge in [-0.05, 0) is 44.1 Å². The molecule has 0 radical (unpaired) electrons. The summed E-state index contributed by atoms with van der Waals surface area (Å²) in [6, 6.07) is 6.42. The average molecular weight is 267 g/mol. The summed E-state index contributed by atoms with van der Waals surface area (Å²) >= 11 is 0. The maximum Gasteiger partial charge on any atom is 0.335 e. The Morgan fingerprint density at radius 1 is 1.26 bits per heavy atom. The van der Waals surface area contributed by atoms with E-state index in [-0.39, 0.29) is 5.56 Å². The summed E-state index contributed by atoms with van der Waals surface area (Å²) in [6.45, 7) is 6.63. The first-order chi connectivity index (χ1) is 9.03. The highest BCUT2D eigenvalue weighted by Crippen LogP contribution is 2.28. The molecule has 19 heavy (non-hydrogen) atoms. The van der Waals surface area contributed by atoms with Gasteiger partial charge in [0.15, 0.2) is 0 Å². The molecule has 3 N–H and O–H groups in total. The number of rotatable bonds is 6. The molecule has 4 heteroatoms. The summed E-state index contributed by atoms with van der Waals surface area (Å²) < 4.78 is 0. The molecule has 4 nitrogen and oxygen atoms in total. The van der Waals surface area contributed by atoms with Crippen molar-refractivity contribution < 1.29 is 15.0 Å². The number of carbonyl (C=O) groups is 1. The molecule has 1 unspecified atom stereocenters. The summed E-state index contributed by atoms with van der Waals surface area (Å²) in [7, 11) is 1.84. The van der Waals surface area contributed by atoms with Gasteiger partial charge < -0.3 is 15.5 Å². The third-order valence-corrected chi connectivity index (χ3v) is 3.04. The zero-order chi connectivity index (χ0) is 14.9. The number of aliphatic hydroxyl groups is 1. The van der Waals surface area contributed by atoms with Crippen LogP contribution in [0.25, 0.3) is 0 Å². The van der Waals surface area contributed by atoms with Crippen molar-refractivity contribution >= 4 is 5.97 Å². The zero-order valence-electron chi connectivity index (χ0n) is 12.2. The number of hydrogen-bond acceptors (Lipinski definition) is 3. The van der Waals surface area contributed by atoms with Gasteiger partial charge in [-0.25, -0.2) is 4.79 Å². The summed E-state index contributed by atoms with van der Waals surface area (Å²) in [5.41, 5.74) is 0.112. The molecule has 0 spiro atoms. The first-order valence-electron chi connectivity index (χ1n) is 6.74. The van der Waals surface area contributed by atoms with E-state index in [1.54, 1.807) is 12.1 Å². The molecule has 0 saturated carbocycles. The van der Waals surface area contributed by atoms with Gasteiger partial charge in [0, 0.05) is 0 Å². The molecule has 0 aliphatic carbocycles. The molecule has 1 aromatic carbocycles. The van der Waals surface area contributed by atoms with Crippen LogP contribution in [0.4, 0.5) is 0 Å². The van der Waals surface area contributed by atoms with E-state index in [1.165, 1.54) is 12.1 Å². The van der Waals surface area contributed by atoms with Crippen LogP contribution >= 0.6 is 0 Å². The number of nitrogens with one attached hydrogen (secondary N) is 1. The molecule has 108 valence electrons. The van der Waals surface area contributed by atoms with Crippen molar-refractivity contribution in [1.82, 2.24) is 5.32 Å². The Balaban J connectivity index is 0.00000154. The fourth-order valence-electron chi connectivity index (χ4n) is 1.78. The maximum absolute atomic E-state index is 10.7. The first-order valence-corrected chi connectivity index (χ1v) is 6.74. The van der Waals surface area contributed by atoms with Crippen molar-refractivity contribution in [2.45, 2.75) is 39.2 Å². The van der Waals surface area contributed by atoms with Crippen molar-refractivity contribution in [3.05, 3.63) is 35.4 Å². The van der Waals surface area contributed by atoms with Gasteiger partial charge in [0.1, 0.15) is 0 Å². The van der Waals surface area contributed by atoms with Gasteiger partial charge in [0.05, 0.1) is 11.2 Å². The van der Waals surface area contributed by atoms with E-state index >= 15 is 0 Å². The Labute approximate surface area is 115 Å². The van der Waals surface area contributed by atoms with Crippen molar-refractivity contribution in [2.75, 3.05) is 13.6 Å². The largest absolute Gasteiger partial charge is 0.478 e. The SMILES string of the molecule is CC.CCC(O)(CCNC)c1ccc(C(=O)O)cc1. The molecule has 0 aromatic heterocycles. The summed E-state index contributed by atoms with van der Waals surface area (Å²) in [5, 5.41) is 22.3. The minimum Gasteiger partial charge on any atom is -0.478 e. The normalized spacial score (nSPS) is 13.1. The number of hydrogen-bond donors (Lipinski definition) is 3. The molecule has 0 bridgehead atoms. The molecule has 0 saturated heterocycles. The molecule has 1 aromatic rings. The fourth-order valence-corrected chi connectivity index (χ4v) is 1.78. The summed E-state index contributed by atoms with van der Waals surface area (Å²) in [4.78, 5) is 10.7. The van der Waals surface area contributed by atoms with Crippen LogP contribution < -0.4 is 5.32 Å². The Morgan fingerprint density at radius 3 is 2.16 bits per heavy atom. The van der Waals surface area contributed by atoms with Crippen LogP contribution in [0.3, 0.4) is 0 Å². The third-order valence-electron chi connectivity index (χ3n) is 3.04. The number of carboxylic acid groups (broad SMARTS) is 1. The highest BCUT2D eigenvalue weighted by Gasteiger charge is 2.26. The lowest BCUT2D eigenvalue weighted by Gasteiger charge is -2.27. The summed E-state index contributed by atoms with van der Waals surface area (Å²) in [5.74, 6) is -0.952. The van der Waals surface area contributed by atoms with Crippen LogP contribution in [0.2, 0.25) is 0 Å². The second-order valence-electron chi connectivity index (χ2n) is 4.12. The van der Waals surface area contributed by atoms with Crippen molar-refractivity contribution in [3.63, 3.8) is 0 Å². The van der Waals surface area contributed by atoms with Crippen LogP contribution in [-0.4, -0.2) is 29.8 Å². The van der Waals surface area contributed by atoms with E-state index in [9.17, 15) is 9.90 Å². The predicted molar refractivity (Wildman–Crippen MR) is 77.5 cm³/mol. The van der Waals surface area contributed by atoms with Gasteiger partial charge in [0.25, 0.3) is 0 Å². The molecule has 0 fully saturated rings. The van der Waals surface area contributed by atoms with E-state index < -0.39 is 11.6 Å². The van der Waals surface area contributed by atoms with Crippen LogP contribution in [0.5, 0.6) is 0 Å². The lowest BCUT2D eigenvalue weighted by atomic mass is 9.87. The fraction of sp³-hybridized carbons (Fsp3) is 0.533. The van der Waals surface area contributed by atoms with Crippen molar-refractivity contribution in [1.29, 1.82) is 0 Å². The topological polar surface area (TPSA) is 69.6 Å². The Bertz CT molecular complexity index is 375. The predicted octanol–water partition coefficient (Wildman–Crippen LogP) is 2.62. The van der Waals surface area contributed by atoms with Crippen LogP contribution in [-0.2, 0) is 5.60 Å². The minimum absolute atomic E-state index is 0.237. The standard InChI is InChI=1S/C13H19NO3.C2H6/c1-3-13(17,8-9-14-2)11-6-4-10(5-7-11)12(15)16;1-2/h4-7,14,17H,3,8-9H2,1-2H3,(H,15,16);1-2H3. The molecule has 0 aliphatic rings. The molecule has 1 atom stereocenters.